The summed E-state index contributed by atoms with van der Waals surface area (Å²) in [5, 5.41) is 12.6. The largest absolute Gasteiger partial charge is 0.393 e. The van der Waals surface area contributed by atoms with Crippen molar-refractivity contribution in [3.8, 4) is 0 Å². The summed E-state index contributed by atoms with van der Waals surface area (Å²) in [6.07, 6.45) is 1.18. The van der Waals surface area contributed by atoms with E-state index in [0.29, 0.717) is 18.9 Å². The van der Waals surface area contributed by atoms with Crippen LogP contribution in [0, 0.1) is 17.3 Å². The Hall–Kier alpha value is -0.570. The first-order chi connectivity index (χ1) is 7.66. The van der Waals surface area contributed by atoms with Crippen LogP contribution in [0.3, 0.4) is 0 Å². The number of aliphatic hydroxyl groups excluding tert-OH is 1. The molecule has 0 spiro atoms. The Bertz CT molecular complexity index is 234. The lowest BCUT2D eigenvalue weighted by Crippen LogP contribution is -2.39. The summed E-state index contributed by atoms with van der Waals surface area (Å²) in [5.74, 6) is 0.842. The summed E-state index contributed by atoms with van der Waals surface area (Å²) < 4.78 is 0. The monoisotopic (exact) mass is 243 g/mol. The molecule has 0 radical (unpaired) electrons. The molecule has 1 unspecified atom stereocenters. The zero-order valence-electron chi connectivity index (χ0n) is 12.2. The van der Waals surface area contributed by atoms with Crippen LogP contribution in [0.5, 0.6) is 0 Å². The van der Waals surface area contributed by atoms with E-state index in [9.17, 15) is 9.90 Å². The first-order valence-electron chi connectivity index (χ1n) is 6.63. The van der Waals surface area contributed by atoms with Crippen molar-refractivity contribution in [1.82, 2.24) is 5.32 Å². The molecule has 0 aromatic carbocycles. The number of aliphatic hydroxyl groups is 1. The average Bonchev–Trinajstić information content (AvgIpc) is 2.14. The van der Waals surface area contributed by atoms with Crippen LogP contribution in [-0.2, 0) is 4.79 Å². The van der Waals surface area contributed by atoms with Crippen LogP contribution in [0.2, 0.25) is 0 Å². The van der Waals surface area contributed by atoms with Gasteiger partial charge in [0.15, 0.2) is 0 Å². The molecule has 0 bridgehead atoms. The van der Waals surface area contributed by atoms with Gasteiger partial charge in [-0.3, -0.25) is 4.79 Å². The van der Waals surface area contributed by atoms with Gasteiger partial charge >= 0.3 is 0 Å². The van der Waals surface area contributed by atoms with Crippen molar-refractivity contribution < 1.29 is 9.90 Å². The van der Waals surface area contributed by atoms with E-state index in [0.717, 1.165) is 6.42 Å². The molecular weight excluding hydrogens is 214 g/mol. The van der Waals surface area contributed by atoms with Gasteiger partial charge in [-0.15, -0.1) is 0 Å². The summed E-state index contributed by atoms with van der Waals surface area (Å²) in [5.41, 5.74) is -0.322. The Balaban J connectivity index is 4.01. The van der Waals surface area contributed by atoms with Gasteiger partial charge in [0, 0.05) is 12.0 Å². The quantitative estimate of drug-likeness (QED) is 0.722. The average molecular weight is 243 g/mol. The molecule has 1 atom stereocenters. The Labute approximate surface area is 106 Å². The predicted molar refractivity (Wildman–Crippen MR) is 71.7 cm³/mol. The van der Waals surface area contributed by atoms with Crippen LogP contribution in [0.25, 0.3) is 0 Å². The van der Waals surface area contributed by atoms with Crippen molar-refractivity contribution in [2.75, 3.05) is 6.54 Å². The molecule has 0 rings (SSSR count). The number of hydrogen-bond acceptors (Lipinski definition) is 2. The van der Waals surface area contributed by atoms with E-state index in [1.165, 1.54) is 0 Å². The van der Waals surface area contributed by atoms with Crippen molar-refractivity contribution in [2.24, 2.45) is 17.3 Å². The molecule has 17 heavy (non-hydrogen) atoms. The highest BCUT2D eigenvalue weighted by Crippen LogP contribution is 2.25. The Morgan fingerprint density at radius 1 is 1.24 bits per heavy atom. The van der Waals surface area contributed by atoms with Gasteiger partial charge in [-0.2, -0.15) is 0 Å². The van der Waals surface area contributed by atoms with E-state index >= 15 is 0 Å². The molecule has 0 fully saturated rings. The van der Waals surface area contributed by atoms with E-state index < -0.39 is 0 Å². The zero-order valence-corrected chi connectivity index (χ0v) is 12.2. The standard InChI is InChI=1S/C14H29NO2/c1-10(2)9-14(5,6)13(17)15-8-7-12(16)11(3)4/h10-12,16H,7-9H2,1-6H3,(H,15,17). The minimum absolute atomic E-state index is 0.0853. The van der Waals surface area contributed by atoms with E-state index in [4.69, 9.17) is 0 Å². The van der Waals surface area contributed by atoms with Crippen molar-refractivity contribution in [3.05, 3.63) is 0 Å². The topological polar surface area (TPSA) is 49.3 Å². The Kier molecular flexibility index (Phi) is 6.76. The lowest BCUT2D eigenvalue weighted by Gasteiger charge is -2.26. The molecule has 0 saturated heterocycles. The number of hydrogen-bond donors (Lipinski definition) is 2. The molecule has 3 nitrogen and oxygen atoms in total. The van der Waals surface area contributed by atoms with Crippen molar-refractivity contribution in [2.45, 2.75) is 60.5 Å². The fraction of sp³-hybridized carbons (Fsp3) is 0.929. The first kappa shape index (κ1) is 16.4. The van der Waals surface area contributed by atoms with Gasteiger partial charge in [-0.25, -0.2) is 0 Å². The van der Waals surface area contributed by atoms with Crippen LogP contribution in [0.1, 0.15) is 54.4 Å². The zero-order chi connectivity index (χ0) is 13.6. The SMILES string of the molecule is CC(C)CC(C)(C)C(=O)NCCC(O)C(C)C. The van der Waals surface area contributed by atoms with Crippen LogP contribution in [-0.4, -0.2) is 23.7 Å². The molecular formula is C14H29NO2. The highest BCUT2D eigenvalue weighted by Gasteiger charge is 2.28. The van der Waals surface area contributed by atoms with Gasteiger partial charge in [0.2, 0.25) is 5.91 Å². The summed E-state index contributed by atoms with van der Waals surface area (Å²) in [6, 6.07) is 0. The van der Waals surface area contributed by atoms with Gasteiger partial charge in [-0.1, -0.05) is 41.5 Å². The van der Waals surface area contributed by atoms with E-state index in [-0.39, 0.29) is 23.3 Å². The van der Waals surface area contributed by atoms with Crippen LogP contribution < -0.4 is 5.32 Å². The molecule has 1 amide bonds. The fourth-order valence-electron chi connectivity index (χ4n) is 2.02. The van der Waals surface area contributed by atoms with Crippen LogP contribution in [0.15, 0.2) is 0 Å². The van der Waals surface area contributed by atoms with Gasteiger partial charge < -0.3 is 10.4 Å². The summed E-state index contributed by atoms with van der Waals surface area (Å²) >= 11 is 0. The van der Waals surface area contributed by atoms with Gasteiger partial charge in [0.25, 0.3) is 0 Å². The molecule has 2 N–H and O–H groups in total. The number of amides is 1. The second-order valence-corrected chi connectivity index (χ2v) is 6.34. The molecule has 0 saturated carbocycles. The van der Waals surface area contributed by atoms with Gasteiger partial charge in [0.05, 0.1) is 6.10 Å². The minimum atomic E-state index is -0.330. The van der Waals surface area contributed by atoms with E-state index in [2.05, 4.69) is 19.2 Å². The maximum Gasteiger partial charge on any atom is 0.225 e. The molecule has 102 valence electrons. The maximum absolute atomic E-state index is 12.0. The van der Waals surface area contributed by atoms with E-state index in [1.807, 2.05) is 27.7 Å². The highest BCUT2D eigenvalue weighted by molar-refractivity contribution is 5.81. The van der Waals surface area contributed by atoms with Crippen LogP contribution in [0.4, 0.5) is 0 Å². The predicted octanol–water partition coefficient (Wildman–Crippen LogP) is 2.58. The molecule has 0 aliphatic heterocycles. The second-order valence-electron chi connectivity index (χ2n) is 6.34. The molecule has 0 aliphatic carbocycles. The summed E-state index contributed by atoms with van der Waals surface area (Å²) in [4.78, 5) is 12.0. The number of rotatable bonds is 7. The first-order valence-corrected chi connectivity index (χ1v) is 6.63. The molecule has 3 heteroatoms. The Morgan fingerprint density at radius 2 is 1.76 bits per heavy atom. The third-order valence-corrected chi connectivity index (χ3v) is 3.03. The molecule has 0 aliphatic rings. The van der Waals surface area contributed by atoms with Crippen LogP contribution >= 0.6 is 0 Å². The number of carbonyl (C=O) groups is 1. The Morgan fingerprint density at radius 3 is 2.18 bits per heavy atom. The smallest absolute Gasteiger partial charge is 0.225 e. The molecule has 0 aromatic heterocycles. The van der Waals surface area contributed by atoms with E-state index in [1.54, 1.807) is 0 Å². The lowest BCUT2D eigenvalue weighted by molar-refractivity contribution is -0.130. The number of nitrogens with one attached hydrogen (secondary N) is 1. The fourth-order valence-corrected chi connectivity index (χ4v) is 2.02. The summed E-state index contributed by atoms with van der Waals surface area (Å²) in [7, 11) is 0. The van der Waals surface area contributed by atoms with Gasteiger partial charge in [-0.05, 0) is 24.7 Å². The number of carbonyl (C=O) groups excluding carboxylic acids is 1. The molecule has 0 aromatic rings. The summed E-state index contributed by atoms with van der Waals surface area (Å²) in [6.45, 7) is 12.7. The minimum Gasteiger partial charge on any atom is -0.393 e. The lowest BCUT2D eigenvalue weighted by atomic mass is 9.83. The third-order valence-electron chi connectivity index (χ3n) is 3.03. The second kappa shape index (κ2) is 7.00. The molecule has 0 heterocycles. The van der Waals surface area contributed by atoms with Crippen molar-refractivity contribution in [3.63, 3.8) is 0 Å². The van der Waals surface area contributed by atoms with Crippen molar-refractivity contribution in [1.29, 1.82) is 0 Å². The van der Waals surface area contributed by atoms with Crippen molar-refractivity contribution >= 4 is 5.91 Å². The normalized spacial score (nSPS) is 14.2. The third kappa shape index (κ3) is 6.67. The highest BCUT2D eigenvalue weighted by atomic mass is 16.3. The van der Waals surface area contributed by atoms with Gasteiger partial charge in [0.1, 0.15) is 0 Å². The maximum atomic E-state index is 12.0.